The van der Waals surface area contributed by atoms with Crippen LogP contribution in [0.5, 0.6) is 17.2 Å². The smallest absolute Gasteiger partial charge is 0.355 e. The van der Waals surface area contributed by atoms with Gasteiger partial charge in [0.25, 0.3) is 0 Å². The van der Waals surface area contributed by atoms with Crippen LogP contribution in [0.3, 0.4) is 0 Å². The Morgan fingerprint density at radius 1 is 0.889 bits per heavy atom. The maximum absolute atomic E-state index is 13.5. The zero-order valence-corrected chi connectivity index (χ0v) is 21.6. The number of hydrogen-bond donors (Lipinski definition) is 2. The average molecular weight is 496 g/mol. The minimum Gasteiger partial charge on any atom is -0.497 e. The second-order valence-electron chi connectivity index (χ2n) is 8.18. The first-order chi connectivity index (χ1) is 17.3. The van der Waals surface area contributed by atoms with Crippen LogP contribution in [0.25, 0.3) is 0 Å². The quantitative estimate of drug-likeness (QED) is 0.381. The topological polar surface area (TPSA) is 102 Å². The molecule has 2 N–H and O–H groups in total. The molecule has 0 saturated carbocycles. The summed E-state index contributed by atoms with van der Waals surface area (Å²) in [5.74, 6) is 1.43. The number of esters is 1. The number of methoxy groups -OCH3 is 3. The number of anilines is 1. The van der Waals surface area contributed by atoms with Crippen LogP contribution in [0.4, 0.5) is 10.5 Å². The van der Waals surface area contributed by atoms with E-state index >= 15 is 0 Å². The predicted molar refractivity (Wildman–Crippen MR) is 137 cm³/mol. The first-order valence-corrected chi connectivity index (χ1v) is 11.6. The van der Waals surface area contributed by atoms with Gasteiger partial charge in [-0.15, -0.1) is 0 Å². The molecule has 0 aliphatic heterocycles. The van der Waals surface area contributed by atoms with Gasteiger partial charge in [0.15, 0.2) is 0 Å². The van der Waals surface area contributed by atoms with E-state index in [2.05, 4.69) is 10.3 Å². The van der Waals surface area contributed by atoms with Gasteiger partial charge in [-0.05, 0) is 49.6 Å². The highest BCUT2D eigenvalue weighted by Crippen LogP contribution is 2.27. The van der Waals surface area contributed by atoms with Crippen molar-refractivity contribution in [3.8, 4) is 17.2 Å². The molecule has 2 aromatic carbocycles. The van der Waals surface area contributed by atoms with E-state index in [0.717, 1.165) is 28.1 Å². The van der Waals surface area contributed by atoms with Gasteiger partial charge < -0.3 is 34.1 Å². The Morgan fingerprint density at radius 2 is 1.50 bits per heavy atom. The van der Waals surface area contributed by atoms with E-state index in [1.165, 1.54) is 0 Å². The average Bonchev–Trinajstić information content (AvgIpc) is 3.16. The zero-order chi connectivity index (χ0) is 26.2. The van der Waals surface area contributed by atoms with E-state index in [4.69, 9.17) is 18.9 Å². The van der Waals surface area contributed by atoms with E-state index in [0.29, 0.717) is 29.4 Å². The molecule has 1 aromatic heterocycles. The van der Waals surface area contributed by atoms with Gasteiger partial charge in [-0.2, -0.15) is 0 Å². The van der Waals surface area contributed by atoms with Crippen LogP contribution in [0, 0.1) is 13.8 Å². The van der Waals surface area contributed by atoms with Crippen LogP contribution in [0.15, 0.2) is 42.5 Å². The molecule has 0 fully saturated rings. The molecule has 0 atom stereocenters. The molecule has 0 saturated heterocycles. The van der Waals surface area contributed by atoms with Gasteiger partial charge in [0, 0.05) is 42.7 Å². The van der Waals surface area contributed by atoms with Crippen molar-refractivity contribution in [3.63, 3.8) is 0 Å². The molecule has 0 unspecified atom stereocenters. The number of amides is 2. The fourth-order valence-electron chi connectivity index (χ4n) is 3.86. The highest BCUT2D eigenvalue weighted by atomic mass is 16.5. The lowest BCUT2D eigenvalue weighted by molar-refractivity contribution is 0.0519. The molecular formula is C27H33N3O6. The maximum Gasteiger partial charge on any atom is 0.355 e. The molecule has 2 amide bonds. The first-order valence-electron chi connectivity index (χ1n) is 11.6. The van der Waals surface area contributed by atoms with Gasteiger partial charge in [0.05, 0.1) is 27.9 Å². The van der Waals surface area contributed by atoms with E-state index in [9.17, 15) is 9.59 Å². The number of urea groups is 1. The van der Waals surface area contributed by atoms with Gasteiger partial charge >= 0.3 is 12.0 Å². The number of benzene rings is 2. The Balaban J connectivity index is 1.92. The fraction of sp³-hybridized carbons (Fsp3) is 0.333. The van der Waals surface area contributed by atoms with E-state index < -0.39 is 5.97 Å². The molecule has 0 aliphatic rings. The molecule has 3 aromatic rings. The van der Waals surface area contributed by atoms with Crippen molar-refractivity contribution in [1.29, 1.82) is 0 Å². The Morgan fingerprint density at radius 3 is 2.06 bits per heavy atom. The highest BCUT2D eigenvalue weighted by Gasteiger charge is 2.23. The highest BCUT2D eigenvalue weighted by molar-refractivity contribution is 5.91. The summed E-state index contributed by atoms with van der Waals surface area (Å²) in [7, 11) is 4.71. The van der Waals surface area contributed by atoms with E-state index in [1.54, 1.807) is 51.4 Å². The van der Waals surface area contributed by atoms with Gasteiger partial charge in [-0.25, -0.2) is 9.59 Å². The molecule has 0 radical (unpaired) electrons. The lowest BCUT2D eigenvalue weighted by Gasteiger charge is -2.24. The Hall–Kier alpha value is -4.14. The monoisotopic (exact) mass is 495 g/mol. The van der Waals surface area contributed by atoms with Crippen LogP contribution in [0.1, 0.15) is 39.8 Å². The lowest BCUT2D eigenvalue weighted by atomic mass is 10.1. The van der Waals surface area contributed by atoms with Gasteiger partial charge in [0.2, 0.25) is 0 Å². The van der Waals surface area contributed by atoms with Crippen LogP contribution in [-0.2, 0) is 17.8 Å². The summed E-state index contributed by atoms with van der Waals surface area (Å²) >= 11 is 0. The maximum atomic E-state index is 13.5. The van der Waals surface area contributed by atoms with Crippen molar-refractivity contribution in [2.45, 2.75) is 33.9 Å². The van der Waals surface area contributed by atoms with Crippen molar-refractivity contribution >= 4 is 17.7 Å². The number of aromatic amines is 1. The summed E-state index contributed by atoms with van der Waals surface area (Å²) in [5, 5.41) is 2.94. The van der Waals surface area contributed by atoms with Crippen molar-refractivity contribution in [3.05, 3.63) is 70.5 Å². The third kappa shape index (κ3) is 6.29. The van der Waals surface area contributed by atoms with Crippen LogP contribution in [0.2, 0.25) is 0 Å². The predicted octanol–water partition coefficient (Wildman–Crippen LogP) is 5.07. The van der Waals surface area contributed by atoms with Gasteiger partial charge in [-0.1, -0.05) is 12.1 Å². The van der Waals surface area contributed by atoms with Crippen molar-refractivity contribution in [2.24, 2.45) is 0 Å². The number of carbonyl (C=O) groups is 2. The Kier molecular flexibility index (Phi) is 8.83. The number of ether oxygens (including phenoxy) is 4. The zero-order valence-electron chi connectivity index (χ0n) is 21.6. The first kappa shape index (κ1) is 26.5. The lowest BCUT2D eigenvalue weighted by Crippen LogP contribution is -2.34. The second-order valence-corrected chi connectivity index (χ2v) is 8.18. The number of aryl methyl sites for hydroxylation is 1. The van der Waals surface area contributed by atoms with E-state index in [-0.39, 0.29) is 19.2 Å². The van der Waals surface area contributed by atoms with Crippen molar-refractivity contribution in [2.75, 3.05) is 33.3 Å². The summed E-state index contributed by atoms with van der Waals surface area (Å²) in [6.45, 7) is 6.37. The number of nitrogens with one attached hydrogen (secondary N) is 2. The minimum atomic E-state index is -0.418. The molecule has 1 heterocycles. The number of rotatable bonds is 10. The summed E-state index contributed by atoms with van der Waals surface area (Å²) in [6, 6.07) is 12.4. The van der Waals surface area contributed by atoms with Crippen LogP contribution in [-0.4, -0.2) is 49.8 Å². The van der Waals surface area contributed by atoms with Gasteiger partial charge in [-0.3, -0.25) is 0 Å². The standard InChI is InChI=1S/C27H33N3O6/c1-7-36-26(31)25-17(2)24(18(3)28-25)16-30(15-19-8-10-21(33-4)11-9-19)27(32)29-20-12-22(34-5)14-23(13-20)35-6/h8-14,28H,7,15-16H2,1-6H3,(H,29,32). The molecule has 0 aliphatic carbocycles. The molecule has 9 heteroatoms. The van der Waals surface area contributed by atoms with Crippen LogP contribution < -0.4 is 19.5 Å². The molecular weight excluding hydrogens is 462 g/mol. The number of hydrogen-bond acceptors (Lipinski definition) is 6. The third-order valence-corrected chi connectivity index (χ3v) is 5.84. The van der Waals surface area contributed by atoms with Crippen LogP contribution >= 0.6 is 0 Å². The third-order valence-electron chi connectivity index (χ3n) is 5.84. The van der Waals surface area contributed by atoms with E-state index in [1.807, 2.05) is 38.1 Å². The number of aromatic nitrogens is 1. The molecule has 192 valence electrons. The van der Waals surface area contributed by atoms with Crippen molar-refractivity contribution < 1.29 is 28.5 Å². The largest absolute Gasteiger partial charge is 0.497 e. The fourth-order valence-corrected chi connectivity index (χ4v) is 3.86. The molecule has 0 bridgehead atoms. The molecule has 9 nitrogen and oxygen atoms in total. The molecule has 36 heavy (non-hydrogen) atoms. The summed E-state index contributed by atoms with van der Waals surface area (Å²) in [6.07, 6.45) is 0. The SMILES string of the molecule is CCOC(=O)c1[nH]c(C)c(CN(Cc2ccc(OC)cc2)C(=O)Nc2cc(OC)cc(OC)c2)c1C. The van der Waals surface area contributed by atoms with Crippen molar-refractivity contribution in [1.82, 2.24) is 9.88 Å². The second kappa shape index (κ2) is 12.0. The summed E-state index contributed by atoms with van der Waals surface area (Å²) in [5.41, 5.74) is 4.25. The normalized spacial score (nSPS) is 10.5. The number of nitrogens with zero attached hydrogens (tertiary/aromatic N) is 1. The number of H-pyrrole nitrogens is 1. The molecule has 0 spiro atoms. The van der Waals surface area contributed by atoms with Gasteiger partial charge in [0.1, 0.15) is 22.9 Å². The minimum absolute atomic E-state index is 0.270. The Labute approximate surface area is 211 Å². The summed E-state index contributed by atoms with van der Waals surface area (Å²) < 4.78 is 21.1. The number of carbonyl (C=O) groups excluding carboxylic acids is 2. The molecule has 3 rings (SSSR count). The summed E-state index contributed by atoms with van der Waals surface area (Å²) in [4.78, 5) is 30.7. The Bertz CT molecular complexity index is 1180.